The second-order valence-corrected chi connectivity index (χ2v) is 6.78. The monoisotopic (exact) mass is 428 g/mol. The van der Waals surface area contributed by atoms with Crippen LogP contribution in [-0.4, -0.2) is 42.0 Å². The van der Waals surface area contributed by atoms with Gasteiger partial charge in [0.15, 0.2) is 0 Å². The zero-order chi connectivity index (χ0) is 22.2. The average Bonchev–Trinajstić information content (AvgIpc) is 2.75. The lowest BCUT2D eigenvalue weighted by Gasteiger charge is -2.27. The number of nitrogens with one attached hydrogen (secondary N) is 1. The van der Waals surface area contributed by atoms with E-state index in [9.17, 15) is 27.6 Å². The molecule has 0 saturated heterocycles. The molecule has 0 atom stereocenters. The van der Waals surface area contributed by atoms with E-state index in [1.54, 1.807) is 30.3 Å². The fourth-order valence-corrected chi connectivity index (χ4v) is 3.45. The van der Waals surface area contributed by atoms with Crippen molar-refractivity contribution in [2.75, 3.05) is 18.5 Å². The lowest BCUT2D eigenvalue weighted by atomic mass is 9.93. The first-order valence-electron chi connectivity index (χ1n) is 9.25. The summed E-state index contributed by atoms with van der Waals surface area (Å²) in [5, 5.41) is 4.37. The number of ether oxygens (including phenoxy) is 1. The molecule has 9 heteroatoms. The Bertz CT molecular complexity index is 1170. The molecule has 2 amide bonds. The molecule has 0 aromatic heterocycles. The lowest BCUT2D eigenvalue weighted by molar-refractivity contribution is -0.199. The Morgan fingerprint density at radius 2 is 1.58 bits per heavy atom. The molecule has 0 fully saturated rings. The third-order valence-electron chi connectivity index (χ3n) is 4.82. The van der Waals surface area contributed by atoms with E-state index < -0.39 is 37.1 Å². The number of halogens is 3. The molecular formula is C22H15F3N2O4. The van der Waals surface area contributed by atoms with Gasteiger partial charge in [-0.15, -0.1) is 0 Å². The van der Waals surface area contributed by atoms with Gasteiger partial charge in [-0.05, 0) is 30.3 Å². The zero-order valence-electron chi connectivity index (χ0n) is 15.9. The van der Waals surface area contributed by atoms with Crippen LogP contribution in [0.15, 0.2) is 60.7 Å². The van der Waals surface area contributed by atoms with Crippen molar-refractivity contribution in [2.45, 2.75) is 6.18 Å². The van der Waals surface area contributed by atoms with Gasteiger partial charge in [0.25, 0.3) is 11.8 Å². The van der Waals surface area contributed by atoms with Crippen LogP contribution in [0.1, 0.15) is 20.7 Å². The SMILES string of the molecule is O=C1c2cccc3c(Nc4ccccc4)ccc(c23)C(=O)N1CCOC(=O)C(F)(F)F. The Morgan fingerprint density at radius 3 is 2.26 bits per heavy atom. The summed E-state index contributed by atoms with van der Waals surface area (Å²) in [6.07, 6.45) is -5.14. The highest BCUT2D eigenvalue weighted by molar-refractivity contribution is 6.26. The van der Waals surface area contributed by atoms with Crippen LogP contribution >= 0.6 is 0 Å². The Kier molecular flexibility index (Phi) is 5.10. The summed E-state index contributed by atoms with van der Waals surface area (Å²) >= 11 is 0. The molecule has 6 nitrogen and oxygen atoms in total. The maximum absolute atomic E-state index is 12.9. The summed E-state index contributed by atoms with van der Waals surface area (Å²) in [6.45, 7) is -1.24. The summed E-state index contributed by atoms with van der Waals surface area (Å²) in [7, 11) is 0. The molecule has 1 aliphatic heterocycles. The molecule has 158 valence electrons. The molecule has 0 radical (unpaired) electrons. The Balaban J connectivity index is 1.63. The first-order chi connectivity index (χ1) is 14.8. The van der Waals surface area contributed by atoms with E-state index in [0.29, 0.717) is 16.5 Å². The van der Waals surface area contributed by atoms with Crippen molar-refractivity contribution in [3.8, 4) is 0 Å². The molecule has 0 bridgehead atoms. The Labute approximate surface area is 174 Å². The molecular weight excluding hydrogens is 413 g/mol. The van der Waals surface area contributed by atoms with Crippen LogP contribution in [-0.2, 0) is 9.53 Å². The largest absolute Gasteiger partial charge is 0.490 e. The number of carbonyl (C=O) groups is 3. The van der Waals surface area contributed by atoms with Crippen LogP contribution in [0.2, 0.25) is 0 Å². The van der Waals surface area contributed by atoms with E-state index in [1.165, 1.54) is 0 Å². The molecule has 3 aromatic rings. The number of hydrogen-bond donors (Lipinski definition) is 1. The van der Waals surface area contributed by atoms with E-state index in [0.717, 1.165) is 10.6 Å². The molecule has 31 heavy (non-hydrogen) atoms. The summed E-state index contributed by atoms with van der Waals surface area (Å²) in [5.74, 6) is -3.70. The average molecular weight is 428 g/mol. The number of hydrogen-bond acceptors (Lipinski definition) is 5. The quantitative estimate of drug-likeness (QED) is 0.485. The van der Waals surface area contributed by atoms with Crippen LogP contribution in [0.5, 0.6) is 0 Å². The van der Waals surface area contributed by atoms with Crippen molar-refractivity contribution in [2.24, 2.45) is 0 Å². The Hall–Kier alpha value is -3.88. The number of carbonyl (C=O) groups excluding carboxylic acids is 3. The molecule has 0 aliphatic carbocycles. The summed E-state index contributed by atoms with van der Waals surface area (Å²) in [5.41, 5.74) is 2.00. The molecule has 4 rings (SSSR count). The minimum atomic E-state index is -5.14. The minimum absolute atomic E-state index is 0.242. The summed E-state index contributed by atoms with van der Waals surface area (Å²) < 4.78 is 41.0. The van der Waals surface area contributed by atoms with Gasteiger partial charge in [-0.25, -0.2) is 4.79 Å². The van der Waals surface area contributed by atoms with Gasteiger partial charge in [-0.1, -0.05) is 30.3 Å². The highest BCUT2D eigenvalue weighted by Crippen LogP contribution is 2.35. The topological polar surface area (TPSA) is 75.7 Å². The van der Waals surface area contributed by atoms with Crippen molar-refractivity contribution in [1.29, 1.82) is 0 Å². The highest BCUT2D eigenvalue weighted by atomic mass is 19.4. The second kappa shape index (κ2) is 7.75. The van der Waals surface area contributed by atoms with Gasteiger partial charge in [-0.2, -0.15) is 13.2 Å². The van der Waals surface area contributed by atoms with Gasteiger partial charge in [0, 0.05) is 33.3 Å². The fraction of sp³-hybridized carbons (Fsp3) is 0.136. The lowest BCUT2D eigenvalue weighted by Crippen LogP contribution is -2.42. The fourth-order valence-electron chi connectivity index (χ4n) is 3.45. The van der Waals surface area contributed by atoms with E-state index >= 15 is 0 Å². The van der Waals surface area contributed by atoms with Gasteiger partial charge in [0.05, 0.1) is 6.54 Å². The summed E-state index contributed by atoms with van der Waals surface area (Å²) in [4.78, 5) is 37.4. The van der Waals surface area contributed by atoms with Crippen LogP contribution < -0.4 is 5.32 Å². The number of esters is 1. The number of rotatable bonds is 5. The number of alkyl halides is 3. The zero-order valence-corrected chi connectivity index (χ0v) is 15.9. The predicted molar refractivity (Wildman–Crippen MR) is 106 cm³/mol. The van der Waals surface area contributed by atoms with Crippen LogP contribution in [0.3, 0.4) is 0 Å². The normalized spacial score (nSPS) is 13.5. The van der Waals surface area contributed by atoms with Gasteiger partial charge in [0.1, 0.15) is 6.61 Å². The van der Waals surface area contributed by atoms with Gasteiger partial charge >= 0.3 is 12.1 Å². The first-order valence-corrected chi connectivity index (χ1v) is 9.25. The predicted octanol–water partition coefficient (Wildman–Crippen LogP) is 4.28. The number of nitrogens with zero attached hydrogens (tertiary/aromatic N) is 1. The molecule has 1 heterocycles. The maximum Gasteiger partial charge on any atom is 0.490 e. The number of benzene rings is 3. The molecule has 1 aliphatic rings. The third-order valence-corrected chi connectivity index (χ3v) is 4.82. The smallest absolute Gasteiger partial charge is 0.457 e. The van der Waals surface area contributed by atoms with Gasteiger partial charge in [0.2, 0.25) is 0 Å². The van der Waals surface area contributed by atoms with E-state index in [2.05, 4.69) is 10.1 Å². The van der Waals surface area contributed by atoms with E-state index in [1.807, 2.05) is 30.3 Å². The van der Waals surface area contributed by atoms with Crippen molar-refractivity contribution in [3.05, 3.63) is 71.8 Å². The molecule has 0 unspecified atom stereocenters. The highest BCUT2D eigenvalue weighted by Gasteiger charge is 2.41. The third kappa shape index (κ3) is 3.81. The van der Waals surface area contributed by atoms with E-state index in [4.69, 9.17) is 0 Å². The van der Waals surface area contributed by atoms with E-state index in [-0.39, 0.29) is 11.1 Å². The minimum Gasteiger partial charge on any atom is -0.457 e. The van der Waals surface area contributed by atoms with Crippen LogP contribution in [0, 0.1) is 0 Å². The molecule has 3 aromatic carbocycles. The number of para-hydroxylation sites is 1. The maximum atomic E-state index is 12.9. The second-order valence-electron chi connectivity index (χ2n) is 6.78. The van der Waals surface area contributed by atoms with Crippen LogP contribution in [0.25, 0.3) is 10.8 Å². The number of imide groups is 1. The van der Waals surface area contributed by atoms with Crippen molar-refractivity contribution >= 4 is 39.9 Å². The van der Waals surface area contributed by atoms with Crippen LogP contribution in [0.4, 0.5) is 24.5 Å². The standard InChI is InChI=1S/C22H15F3N2O4/c23-22(24,25)21(30)31-12-11-27-19(28)15-8-4-7-14-17(26-13-5-2-1-3-6-13)10-9-16(18(14)15)20(27)29/h1-10,26H,11-12H2. The summed E-state index contributed by atoms with van der Waals surface area (Å²) in [6, 6.07) is 17.6. The molecule has 0 spiro atoms. The molecule has 1 N–H and O–H groups in total. The molecule has 0 saturated carbocycles. The first kappa shape index (κ1) is 20.4. The number of amides is 2. The van der Waals surface area contributed by atoms with Gasteiger partial charge < -0.3 is 10.1 Å². The number of anilines is 2. The van der Waals surface area contributed by atoms with Crippen molar-refractivity contribution < 1.29 is 32.3 Å². The van der Waals surface area contributed by atoms with Crippen molar-refractivity contribution in [1.82, 2.24) is 4.90 Å². The van der Waals surface area contributed by atoms with Crippen molar-refractivity contribution in [3.63, 3.8) is 0 Å². The van der Waals surface area contributed by atoms with Gasteiger partial charge in [-0.3, -0.25) is 14.5 Å². The Morgan fingerprint density at radius 1 is 0.903 bits per heavy atom.